The number of fused-ring (bicyclic) bond motifs is 1. The summed E-state index contributed by atoms with van der Waals surface area (Å²) >= 11 is 0. The predicted octanol–water partition coefficient (Wildman–Crippen LogP) is 2.05. The molecule has 13 heteroatoms. The molecule has 214 valence electrons. The Kier molecular flexibility index (Phi) is 8.67. The van der Waals surface area contributed by atoms with Crippen molar-refractivity contribution in [2.45, 2.75) is 35.9 Å². The van der Waals surface area contributed by atoms with E-state index in [4.69, 9.17) is 4.74 Å². The first-order valence-electron chi connectivity index (χ1n) is 12.5. The number of aliphatic hydroxyl groups excluding tert-OH is 1. The summed E-state index contributed by atoms with van der Waals surface area (Å²) in [5, 5.41) is 9.71. The molecular weight excluding hydrogens is 559 g/mol. The molecule has 1 aliphatic heterocycles. The van der Waals surface area contributed by atoms with Crippen molar-refractivity contribution in [3.63, 3.8) is 0 Å². The van der Waals surface area contributed by atoms with E-state index in [1.807, 2.05) is 0 Å². The Bertz CT molecular complexity index is 1650. The molecule has 40 heavy (non-hydrogen) atoms. The van der Waals surface area contributed by atoms with Gasteiger partial charge in [-0.3, -0.25) is 0 Å². The molecule has 1 aliphatic rings. The molecule has 1 N–H and O–H groups in total. The molecule has 0 fully saturated rings. The molecule has 2 heterocycles. The highest BCUT2D eigenvalue weighted by atomic mass is 32.2. The van der Waals surface area contributed by atoms with Gasteiger partial charge in [-0.2, -0.15) is 8.61 Å². The number of sulfonamides is 2. The molecule has 10 nitrogen and oxygen atoms in total. The summed E-state index contributed by atoms with van der Waals surface area (Å²) in [6.07, 6.45) is 2.03. The van der Waals surface area contributed by atoms with Crippen LogP contribution in [0, 0.1) is 23.6 Å². The maximum atomic E-state index is 13.7. The quantitative estimate of drug-likeness (QED) is 0.436. The van der Waals surface area contributed by atoms with Gasteiger partial charge in [-0.05, 0) is 49.4 Å². The van der Waals surface area contributed by atoms with E-state index in [9.17, 15) is 26.3 Å². The number of benzene rings is 2. The maximum Gasteiger partial charge on any atom is 0.261 e. The van der Waals surface area contributed by atoms with Crippen molar-refractivity contribution >= 4 is 20.0 Å². The third kappa shape index (κ3) is 6.21. The highest BCUT2D eigenvalue weighted by molar-refractivity contribution is 7.89. The molecule has 3 atom stereocenters. The zero-order valence-electron chi connectivity index (χ0n) is 22.5. The maximum absolute atomic E-state index is 13.7. The number of aryl methyl sites for hydroxylation is 1. The summed E-state index contributed by atoms with van der Waals surface area (Å²) in [6, 6.07) is 9.32. The van der Waals surface area contributed by atoms with Crippen LogP contribution in [0.3, 0.4) is 0 Å². The molecule has 0 saturated heterocycles. The Balaban J connectivity index is 1.74. The topological polar surface area (TPSA) is 122 Å². The van der Waals surface area contributed by atoms with E-state index in [0.717, 1.165) is 4.31 Å². The molecule has 0 bridgehead atoms. The number of hydrogen-bond donors (Lipinski definition) is 1. The van der Waals surface area contributed by atoms with Crippen LogP contribution >= 0.6 is 0 Å². The Labute approximate surface area is 234 Å². The average molecular weight is 591 g/mol. The van der Waals surface area contributed by atoms with Gasteiger partial charge >= 0.3 is 0 Å². The lowest BCUT2D eigenvalue weighted by Crippen LogP contribution is -2.50. The smallest absolute Gasteiger partial charge is 0.261 e. The number of hydrogen-bond acceptors (Lipinski definition) is 7. The fourth-order valence-electron chi connectivity index (χ4n) is 4.23. The van der Waals surface area contributed by atoms with Crippen LogP contribution in [0.15, 0.2) is 64.9 Å². The molecule has 4 rings (SSSR count). The van der Waals surface area contributed by atoms with Crippen LogP contribution in [0.4, 0.5) is 4.39 Å². The Morgan fingerprint density at radius 1 is 1.20 bits per heavy atom. The van der Waals surface area contributed by atoms with E-state index in [1.54, 1.807) is 20.9 Å². The van der Waals surface area contributed by atoms with Crippen LogP contribution in [-0.4, -0.2) is 79.0 Å². The van der Waals surface area contributed by atoms with Crippen molar-refractivity contribution in [2.24, 2.45) is 13.0 Å². The predicted molar refractivity (Wildman–Crippen MR) is 146 cm³/mol. The van der Waals surface area contributed by atoms with Crippen molar-refractivity contribution in [3.05, 3.63) is 71.9 Å². The Hall–Kier alpha value is -3.28. The van der Waals surface area contributed by atoms with Gasteiger partial charge in [-0.25, -0.2) is 26.2 Å². The normalized spacial score (nSPS) is 20.0. The summed E-state index contributed by atoms with van der Waals surface area (Å²) < 4.78 is 77.0. The highest BCUT2D eigenvalue weighted by Crippen LogP contribution is 2.34. The fraction of sp³-hybridized carbons (Fsp3) is 0.370. The fourth-order valence-corrected chi connectivity index (χ4v) is 7.20. The van der Waals surface area contributed by atoms with Crippen LogP contribution in [0.1, 0.15) is 25.0 Å². The van der Waals surface area contributed by atoms with Gasteiger partial charge in [0.2, 0.25) is 10.0 Å². The van der Waals surface area contributed by atoms with E-state index in [2.05, 4.69) is 16.8 Å². The second kappa shape index (κ2) is 11.7. The molecule has 0 amide bonds. The molecule has 2 aromatic carbocycles. The van der Waals surface area contributed by atoms with E-state index in [-0.39, 0.29) is 34.6 Å². The number of aliphatic hydroxyl groups is 1. The van der Waals surface area contributed by atoms with Gasteiger partial charge < -0.3 is 14.4 Å². The van der Waals surface area contributed by atoms with Crippen molar-refractivity contribution in [1.82, 2.24) is 18.2 Å². The molecule has 0 unspecified atom stereocenters. The Morgan fingerprint density at radius 2 is 1.85 bits per heavy atom. The molecule has 0 saturated carbocycles. The Morgan fingerprint density at radius 3 is 2.48 bits per heavy atom. The molecule has 3 aromatic rings. The monoisotopic (exact) mass is 590 g/mol. The van der Waals surface area contributed by atoms with Crippen LogP contribution < -0.4 is 4.74 Å². The van der Waals surface area contributed by atoms with E-state index < -0.39 is 44.7 Å². The minimum atomic E-state index is -4.08. The molecule has 0 spiro atoms. The van der Waals surface area contributed by atoms with Gasteiger partial charge in [0.25, 0.3) is 10.0 Å². The molecular formula is C27H31FN4O6S2. The lowest BCUT2D eigenvalue weighted by Gasteiger charge is -2.37. The number of rotatable bonds is 6. The first-order chi connectivity index (χ1) is 18.8. The van der Waals surface area contributed by atoms with Crippen molar-refractivity contribution in [2.75, 3.05) is 26.7 Å². The zero-order valence-corrected chi connectivity index (χ0v) is 24.2. The van der Waals surface area contributed by atoms with Crippen LogP contribution in [0.25, 0.3) is 0 Å². The summed E-state index contributed by atoms with van der Waals surface area (Å²) in [5.41, 5.74) is 1.01. The number of aromatic nitrogens is 2. The summed E-state index contributed by atoms with van der Waals surface area (Å²) in [5.74, 6) is 5.01. The second-order valence-electron chi connectivity index (χ2n) is 9.82. The summed E-state index contributed by atoms with van der Waals surface area (Å²) in [4.78, 5) is 3.84. The van der Waals surface area contributed by atoms with Gasteiger partial charge in [0, 0.05) is 49.9 Å². The molecule has 1 aromatic heterocycles. The van der Waals surface area contributed by atoms with E-state index in [1.165, 1.54) is 70.9 Å². The minimum Gasteiger partial charge on any atom is -0.487 e. The van der Waals surface area contributed by atoms with Crippen molar-refractivity contribution in [3.8, 4) is 17.6 Å². The second-order valence-corrected chi connectivity index (χ2v) is 13.7. The SMILES string of the molecule is C[C@@H]1CN([C@@H](C)CO)S(=O)(=O)c2ccc(C#Cc3ccc(F)cc3)cc2O[C@H]1CN(C)S(=O)(=O)c1cn(C)cn1. The van der Waals surface area contributed by atoms with Gasteiger partial charge in [-0.1, -0.05) is 18.8 Å². The van der Waals surface area contributed by atoms with Crippen molar-refractivity contribution < 1.29 is 31.1 Å². The number of imidazole rings is 1. The van der Waals surface area contributed by atoms with Gasteiger partial charge in [-0.15, -0.1) is 0 Å². The van der Waals surface area contributed by atoms with Crippen LogP contribution in [0.2, 0.25) is 0 Å². The van der Waals surface area contributed by atoms with Gasteiger partial charge in [0.15, 0.2) is 5.03 Å². The average Bonchev–Trinajstić information content (AvgIpc) is 3.36. The van der Waals surface area contributed by atoms with Gasteiger partial charge in [0.1, 0.15) is 22.6 Å². The van der Waals surface area contributed by atoms with Crippen LogP contribution in [0.5, 0.6) is 5.75 Å². The van der Waals surface area contributed by atoms with Crippen molar-refractivity contribution in [1.29, 1.82) is 0 Å². The number of nitrogens with zero attached hydrogens (tertiary/aromatic N) is 4. The van der Waals surface area contributed by atoms with Crippen LogP contribution in [-0.2, 0) is 27.1 Å². The van der Waals surface area contributed by atoms with Gasteiger partial charge in [0.05, 0.1) is 19.5 Å². The lowest BCUT2D eigenvalue weighted by molar-refractivity contribution is 0.0904. The van der Waals surface area contributed by atoms with E-state index >= 15 is 0 Å². The first-order valence-corrected chi connectivity index (χ1v) is 15.4. The lowest BCUT2D eigenvalue weighted by atomic mass is 10.0. The third-order valence-corrected chi connectivity index (χ3v) is 10.4. The molecule has 0 radical (unpaired) electrons. The number of halogens is 1. The van der Waals surface area contributed by atoms with E-state index in [0.29, 0.717) is 11.1 Å². The largest absolute Gasteiger partial charge is 0.487 e. The summed E-state index contributed by atoms with van der Waals surface area (Å²) in [6.45, 7) is 2.87. The third-order valence-electron chi connectivity index (χ3n) is 6.66. The zero-order chi connectivity index (χ0) is 29.2. The molecule has 0 aliphatic carbocycles. The number of likely N-dealkylation sites (N-methyl/N-ethyl adjacent to an activating group) is 1. The summed E-state index contributed by atoms with van der Waals surface area (Å²) in [7, 11) is -4.95. The first kappa shape index (κ1) is 29.7. The number of ether oxygens (including phenoxy) is 1. The highest BCUT2D eigenvalue weighted by Gasteiger charge is 2.39. The standard InChI is InChI=1S/C27H31FN4O6S2/c1-19-14-32(20(2)17-33)39(34,35)26-12-9-22(6-5-21-7-10-23(28)11-8-21)13-24(26)38-25(19)15-31(4)40(36,37)27-16-30(3)18-29-27/h7-13,16,18-20,25,33H,14-15,17H2,1-4H3/t19-,20+,25+/m1/s1. The minimum absolute atomic E-state index is 0.00222.